The zero-order valence-corrected chi connectivity index (χ0v) is 18.4. The van der Waals surface area contributed by atoms with E-state index >= 15 is 0 Å². The molecule has 0 bridgehead atoms. The van der Waals surface area contributed by atoms with E-state index in [0.29, 0.717) is 30.2 Å². The molecule has 0 amide bonds. The predicted octanol–water partition coefficient (Wildman–Crippen LogP) is -1.32. The van der Waals surface area contributed by atoms with Crippen molar-refractivity contribution in [3.05, 3.63) is 11.0 Å². The van der Waals surface area contributed by atoms with Gasteiger partial charge in [0.05, 0.1) is 12.9 Å². The van der Waals surface area contributed by atoms with E-state index in [0.717, 1.165) is 12.8 Å². The molecular weight excluding hydrogens is 467 g/mol. The molecule has 1 aliphatic rings. The Kier molecular flexibility index (Phi) is 7.79. The molecule has 3 heterocycles. The largest absolute Gasteiger partial charge is 0.469 e. The Morgan fingerprint density at radius 2 is 2.12 bits per heavy atom. The normalized spacial score (nSPS) is 23.5. The highest BCUT2D eigenvalue weighted by Gasteiger charge is 2.45. The predicted molar refractivity (Wildman–Crippen MR) is 115 cm³/mol. The highest BCUT2D eigenvalue weighted by molar-refractivity contribution is 7.71. The number of hydrogen-bond donors (Lipinski definition) is 8. The maximum atomic E-state index is 10.9. The Balaban J connectivity index is 1.72. The molecule has 1 saturated heterocycles. The van der Waals surface area contributed by atoms with Gasteiger partial charge in [0.1, 0.15) is 29.5 Å². The molecule has 10 N–H and O–H groups in total. The van der Waals surface area contributed by atoms with Gasteiger partial charge in [-0.3, -0.25) is 14.1 Å². The molecule has 2 aromatic heterocycles. The standard InChI is InChI=1S/C15H25N8O7PS/c16-14(17)18-3-1-2-4-19-15-21-11-8(12(32)22-15)20-6-23(11)13-10(25)9(24)7(30-13)5-29-31(26,27)28/h6-7,9-10,13,24-25H,1-5H2,(H4,16,17,18)(H2,26,27,28)(H2,19,21,22,32)/t7-,9+,10?,13?/m1/s1. The number of anilines is 1. The summed E-state index contributed by atoms with van der Waals surface area (Å²) in [5.74, 6) is 0.403. The van der Waals surface area contributed by atoms with Gasteiger partial charge in [0, 0.05) is 13.1 Å². The Morgan fingerprint density at radius 3 is 2.81 bits per heavy atom. The molecule has 4 atom stereocenters. The Hall–Kier alpha value is -2.17. The Labute approximate surface area is 186 Å². The van der Waals surface area contributed by atoms with Crippen LogP contribution in [0.2, 0.25) is 0 Å². The van der Waals surface area contributed by atoms with Gasteiger partial charge in [-0.2, -0.15) is 0 Å². The highest BCUT2D eigenvalue weighted by Crippen LogP contribution is 2.38. The molecule has 2 aromatic rings. The lowest BCUT2D eigenvalue weighted by Crippen LogP contribution is -2.33. The van der Waals surface area contributed by atoms with Crippen molar-refractivity contribution in [3.63, 3.8) is 0 Å². The van der Waals surface area contributed by atoms with E-state index in [2.05, 4.69) is 29.8 Å². The van der Waals surface area contributed by atoms with Gasteiger partial charge < -0.3 is 46.5 Å². The molecule has 178 valence electrons. The van der Waals surface area contributed by atoms with Gasteiger partial charge in [0.2, 0.25) is 5.95 Å². The number of nitrogens with two attached hydrogens (primary N) is 2. The number of fused-ring (bicyclic) bond motifs is 1. The molecule has 0 aromatic carbocycles. The minimum atomic E-state index is -4.77. The number of H-pyrrole nitrogens is 1. The van der Waals surface area contributed by atoms with Crippen molar-refractivity contribution < 1.29 is 33.8 Å². The third kappa shape index (κ3) is 5.99. The summed E-state index contributed by atoms with van der Waals surface area (Å²) in [6, 6.07) is 0. The van der Waals surface area contributed by atoms with Gasteiger partial charge in [-0.15, -0.1) is 0 Å². The van der Waals surface area contributed by atoms with Crippen LogP contribution < -0.4 is 16.8 Å². The fourth-order valence-electron chi connectivity index (χ4n) is 3.13. The number of imidazole rings is 1. The number of nitrogens with zero attached hydrogens (tertiary/aromatic N) is 4. The number of hydrogen-bond acceptors (Lipinski definition) is 10. The molecule has 0 radical (unpaired) electrons. The zero-order valence-electron chi connectivity index (χ0n) is 16.7. The average molecular weight is 492 g/mol. The first-order valence-electron chi connectivity index (χ1n) is 9.54. The van der Waals surface area contributed by atoms with Crippen LogP contribution in [0.3, 0.4) is 0 Å². The fraction of sp³-hybridized carbons (Fsp3) is 0.600. The van der Waals surface area contributed by atoms with Crippen LogP contribution in [0.1, 0.15) is 19.1 Å². The van der Waals surface area contributed by atoms with Crippen LogP contribution in [0.5, 0.6) is 0 Å². The van der Waals surface area contributed by atoms with Crippen LogP contribution in [0, 0.1) is 4.64 Å². The van der Waals surface area contributed by atoms with Gasteiger partial charge in [-0.1, -0.05) is 12.2 Å². The highest BCUT2D eigenvalue weighted by atomic mass is 32.1. The first-order valence-corrected chi connectivity index (χ1v) is 11.5. The number of aliphatic imine (C=N–C) groups is 1. The van der Waals surface area contributed by atoms with Gasteiger partial charge in [0.25, 0.3) is 0 Å². The summed E-state index contributed by atoms with van der Waals surface area (Å²) in [4.78, 5) is 33.0. The number of phosphoric acid groups is 1. The number of guanidine groups is 1. The quantitative estimate of drug-likeness (QED) is 0.0632. The molecule has 1 fully saturated rings. The molecule has 3 rings (SSSR count). The summed E-state index contributed by atoms with van der Waals surface area (Å²) in [7, 11) is -4.77. The molecule has 0 aliphatic carbocycles. The smallest absolute Gasteiger partial charge is 0.387 e. The third-order valence-electron chi connectivity index (χ3n) is 4.64. The number of unbranched alkanes of at least 4 members (excludes halogenated alkanes) is 1. The monoisotopic (exact) mass is 492 g/mol. The van der Waals surface area contributed by atoms with E-state index in [4.69, 9.17) is 38.2 Å². The van der Waals surface area contributed by atoms with Crippen LogP contribution in [0.15, 0.2) is 11.3 Å². The third-order valence-corrected chi connectivity index (χ3v) is 5.41. The van der Waals surface area contributed by atoms with Crippen LogP contribution in [-0.2, 0) is 13.8 Å². The number of rotatable bonds is 10. The van der Waals surface area contributed by atoms with E-state index < -0.39 is 39.0 Å². The molecule has 15 nitrogen and oxygen atoms in total. The van der Waals surface area contributed by atoms with Crippen molar-refractivity contribution in [1.82, 2.24) is 19.5 Å². The van der Waals surface area contributed by atoms with Gasteiger partial charge in [-0.05, 0) is 12.8 Å². The first-order chi connectivity index (χ1) is 15.1. The lowest BCUT2D eigenvalue weighted by atomic mass is 10.1. The van der Waals surface area contributed by atoms with Crippen molar-refractivity contribution in [2.45, 2.75) is 37.4 Å². The molecular formula is C15H25N8O7PS. The van der Waals surface area contributed by atoms with Gasteiger partial charge in [-0.25, -0.2) is 14.5 Å². The number of aliphatic hydroxyl groups is 2. The SMILES string of the molecule is NC(N)=NCCCCNc1nc(=S)c2ncn(C3O[C@H](COP(=O)(O)O)[C@H](O)C3O)c2[nH]1. The maximum absolute atomic E-state index is 10.9. The lowest BCUT2D eigenvalue weighted by Gasteiger charge is -2.17. The van der Waals surface area contributed by atoms with Crippen molar-refractivity contribution >= 4 is 43.1 Å². The number of nitrogens with one attached hydrogen (secondary N) is 2. The molecule has 0 spiro atoms. The number of aliphatic hydroxyl groups excluding tert-OH is 2. The summed E-state index contributed by atoms with van der Waals surface area (Å²) < 4.78 is 22.5. The minimum Gasteiger partial charge on any atom is -0.387 e. The van der Waals surface area contributed by atoms with Crippen molar-refractivity contribution in [3.8, 4) is 0 Å². The molecule has 0 saturated carbocycles. The van der Waals surface area contributed by atoms with Crippen LogP contribution >= 0.6 is 20.0 Å². The second-order valence-electron chi connectivity index (χ2n) is 7.01. The Morgan fingerprint density at radius 1 is 1.38 bits per heavy atom. The second kappa shape index (κ2) is 10.2. The lowest BCUT2D eigenvalue weighted by molar-refractivity contribution is -0.0503. The van der Waals surface area contributed by atoms with Crippen LogP contribution in [0.25, 0.3) is 11.2 Å². The number of aromatic amines is 1. The summed E-state index contributed by atoms with van der Waals surface area (Å²) in [6.45, 7) is 0.447. The second-order valence-corrected chi connectivity index (χ2v) is 8.64. The van der Waals surface area contributed by atoms with Gasteiger partial charge >= 0.3 is 7.82 Å². The minimum absolute atomic E-state index is 0.0411. The summed E-state index contributed by atoms with van der Waals surface area (Å²) >= 11 is 5.28. The number of ether oxygens (including phenoxy) is 1. The van der Waals surface area contributed by atoms with Crippen LogP contribution in [-0.4, -0.2) is 83.5 Å². The van der Waals surface area contributed by atoms with E-state index in [-0.39, 0.29) is 10.6 Å². The number of aromatic nitrogens is 4. The fourth-order valence-corrected chi connectivity index (χ4v) is 3.71. The molecule has 32 heavy (non-hydrogen) atoms. The number of phosphoric ester groups is 1. The topological polar surface area (TPSA) is 239 Å². The maximum Gasteiger partial charge on any atom is 0.469 e. The van der Waals surface area contributed by atoms with E-state index in [1.165, 1.54) is 10.9 Å². The van der Waals surface area contributed by atoms with Gasteiger partial charge in [0.15, 0.2) is 16.8 Å². The molecule has 2 unspecified atom stereocenters. The summed E-state index contributed by atoms with van der Waals surface area (Å²) in [5.41, 5.74) is 11.3. The van der Waals surface area contributed by atoms with Crippen molar-refractivity contribution in [1.29, 1.82) is 0 Å². The molecule has 1 aliphatic heterocycles. The summed E-state index contributed by atoms with van der Waals surface area (Å²) in [5, 5.41) is 23.7. The van der Waals surface area contributed by atoms with Crippen molar-refractivity contribution in [2.24, 2.45) is 16.5 Å². The van der Waals surface area contributed by atoms with Crippen LogP contribution in [0.4, 0.5) is 5.95 Å². The first kappa shape index (κ1) is 24.5. The Bertz CT molecular complexity index is 1070. The zero-order chi connectivity index (χ0) is 23.5. The molecule has 17 heteroatoms. The summed E-state index contributed by atoms with van der Waals surface area (Å²) in [6.07, 6.45) is -2.28. The van der Waals surface area contributed by atoms with E-state index in [9.17, 15) is 14.8 Å². The van der Waals surface area contributed by atoms with E-state index in [1.54, 1.807) is 0 Å². The average Bonchev–Trinajstić information content (AvgIpc) is 3.24. The van der Waals surface area contributed by atoms with E-state index in [1.807, 2.05) is 0 Å². The van der Waals surface area contributed by atoms with Crippen molar-refractivity contribution in [2.75, 3.05) is 25.0 Å².